The van der Waals surface area contributed by atoms with E-state index in [4.69, 9.17) is 14.2 Å². The molecule has 0 aromatic heterocycles. The average molecular weight is 457 g/mol. The molecular weight excluding hydrogens is 434 g/mol. The van der Waals surface area contributed by atoms with E-state index in [2.05, 4.69) is 10.6 Å². The smallest absolute Gasteiger partial charge is 0.325 e. The van der Waals surface area contributed by atoms with E-state index < -0.39 is 35.9 Å². The molecule has 2 N–H and O–H groups in total. The number of carbonyl (C=O) groups is 3. The second-order valence-electron chi connectivity index (χ2n) is 7.31. The summed E-state index contributed by atoms with van der Waals surface area (Å²) in [6.45, 7) is 3.37. The van der Waals surface area contributed by atoms with Crippen molar-refractivity contribution in [2.24, 2.45) is 0 Å². The van der Waals surface area contributed by atoms with Crippen molar-refractivity contribution in [3.63, 3.8) is 0 Å². The SMILES string of the molecule is Cc1ccc(C(=O)NCC(=O)OCC(=O)Nc2cc3c(cc2[N+](=O)[O-])OCCCO3)cc1C. The summed E-state index contributed by atoms with van der Waals surface area (Å²) in [6.07, 6.45) is 0.611. The Bertz CT molecular complexity index is 1100. The van der Waals surface area contributed by atoms with E-state index in [0.717, 1.165) is 11.1 Å². The van der Waals surface area contributed by atoms with E-state index in [1.165, 1.54) is 12.1 Å². The molecule has 3 rings (SSSR count). The summed E-state index contributed by atoms with van der Waals surface area (Å²) in [4.78, 5) is 46.9. The van der Waals surface area contributed by atoms with Crippen molar-refractivity contribution in [2.75, 3.05) is 31.7 Å². The molecule has 33 heavy (non-hydrogen) atoms. The summed E-state index contributed by atoms with van der Waals surface area (Å²) in [5.74, 6) is -1.61. The first kappa shape index (κ1) is 23.5. The number of esters is 1. The molecule has 11 heteroatoms. The minimum atomic E-state index is -0.838. The van der Waals surface area contributed by atoms with Crippen molar-refractivity contribution in [2.45, 2.75) is 20.3 Å². The molecule has 0 bridgehead atoms. The predicted molar refractivity (Wildman–Crippen MR) is 117 cm³/mol. The molecule has 2 aromatic carbocycles. The number of nitro groups is 1. The molecule has 11 nitrogen and oxygen atoms in total. The number of aryl methyl sites for hydroxylation is 2. The van der Waals surface area contributed by atoms with Crippen LogP contribution in [0.4, 0.5) is 11.4 Å². The van der Waals surface area contributed by atoms with Gasteiger partial charge >= 0.3 is 5.97 Å². The number of anilines is 1. The van der Waals surface area contributed by atoms with Gasteiger partial charge in [-0.15, -0.1) is 0 Å². The lowest BCUT2D eigenvalue weighted by Crippen LogP contribution is -2.32. The zero-order valence-electron chi connectivity index (χ0n) is 18.1. The standard InChI is InChI=1S/C22H23N3O8/c1-13-4-5-15(8-14(13)2)22(28)23-11-21(27)33-12-20(26)24-16-9-18-19(10-17(16)25(29)30)32-7-3-6-31-18/h4-5,8-10H,3,6-7,11-12H2,1-2H3,(H,23,28)(H,24,26). The maximum absolute atomic E-state index is 12.2. The Balaban J connectivity index is 1.54. The largest absolute Gasteiger partial charge is 0.489 e. The van der Waals surface area contributed by atoms with Crippen LogP contribution in [0.1, 0.15) is 27.9 Å². The molecule has 0 fully saturated rings. The fourth-order valence-electron chi connectivity index (χ4n) is 2.97. The number of hydrogen-bond donors (Lipinski definition) is 2. The zero-order valence-corrected chi connectivity index (χ0v) is 18.1. The summed E-state index contributed by atoms with van der Waals surface area (Å²) < 4.78 is 15.8. The van der Waals surface area contributed by atoms with E-state index in [-0.39, 0.29) is 22.9 Å². The van der Waals surface area contributed by atoms with Crippen molar-refractivity contribution < 1.29 is 33.5 Å². The molecule has 2 aromatic rings. The van der Waals surface area contributed by atoms with E-state index in [1.54, 1.807) is 18.2 Å². The van der Waals surface area contributed by atoms with Gasteiger partial charge in [-0.2, -0.15) is 0 Å². The van der Waals surface area contributed by atoms with Crippen molar-refractivity contribution in [3.8, 4) is 11.5 Å². The first-order valence-electron chi connectivity index (χ1n) is 10.1. The normalized spacial score (nSPS) is 12.3. The molecular formula is C22H23N3O8. The van der Waals surface area contributed by atoms with Gasteiger partial charge in [-0.25, -0.2) is 0 Å². The third kappa shape index (κ3) is 6.19. The highest BCUT2D eigenvalue weighted by Gasteiger charge is 2.23. The molecule has 1 aliphatic heterocycles. The van der Waals surface area contributed by atoms with E-state index in [0.29, 0.717) is 25.2 Å². The number of amides is 2. The molecule has 0 spiro atoms. The van der Waals surface area contributed by atoms with Gasteiger partial charge in [0.15, 0.2) is 18.1 Å². The summed E-state index contributed by atoms with van der Waals surface area (Å²) in [7, 11) is 0. The zero-order chi connectivity index (χ0) is 24.0. The highest BCUT2D eigenvalue weighted by Crippen LogP contribution is 2.39. The number of carbonyl (C=O) groups excluding carboxylic acids is 3. The first-order valence-corrected chi connectivity index (χ1v) is 10.1. The van der Waals surface area contributed by atoms with Crippen molar-refractivity contribution in [3.05, 3.63) is 57.1 Å². The van der Waals surface area contributed by atoms with Gasteiger partial charge in [-0.3, -0.25) is 24.5 Å². The summed E-state index contributed by atoms with van der Waals surface area (Å²) in [5, 5.41) is 16.1. The fraction of sp³-hybridized carbons (Fsp3) is 0.318. The second-order valence-corrected chi connectivity index (χ2v) is 7.31. The molecule has 0 saturated heterocycles. The highest BCUT2D eigenvalue weighted by atomic mass is 16.6. The minimum Gasteiger partial charge on any atom is -0.489 e. The highest BCUT2D eigenvalue weighted by molar-refractivity contribution is 5.97. The summed E-state index contributed by atoms with van der Waals surface area (Å²) in [5.41, 5.74) is 1.86. The lowest BCUT2D eigenvalue weighted by atomic mass is 10.1. The maximum atomic E-state index is 12.2. The number of benzene rings is 2. The van der Waals surface area contributed by atoms with Gasteiger partial charge in [0, 0.05) is 18.1 Å². The van der Waals surface area contributed by atoms with Crippen LogP contribution in [0.25, 0.3) is 0 Å². The Morgan fingerprint density at radius 1 is 1.06 bits per heavy atom. The molecule has 2 amide bonds. The van der Waals surface area contributed by atoms with E-state index in [1.807, 2.05) is 13.8 Å². The van der Waals surface area contributed by atoms with Gasteiger partial charge in [0.25, 0.3) is 17.5 Å². The van der Waals surface area contributed by atoms with Gasteiger partial charge in [-0.05, 0) is 37.1 Å². The molecule has 0 saturated carbocycles. The van der Waals surface area contributed by atoms with Crippen LogP contribution in [0.5, 0.6) is 11.5 Å². The monoisotopic (exact) mass is 457 g/mol. The second kappa shape index (κ2) is 10.4. The van der Waals surface area contributed by atoms with Crippen molar-refractivity contribution in [1.82, 2.24) is 5.32 Å². The number of fused-ring (bicyclic) bond motifs is 1. The van der Waals surface area contributed by atoms with Gasteiger partial charge < -0.3 is 24.8 Å². The van der Waals surface area contributed by atoms with E-state index in [9.17, 15) is 24.5 Å². The Morgan fingerprint density at radius 3 is 2.42 bits per heavy atom. The quantitative estimate of drug-likeness (QED) is 0.366. The van der Waals surface area contributed by atoms with Gasteiger partial charge in [0.2, 0.25) is 0 Å². The summed E-state index contributed by atoms with van der Waals surface area (Å²) >= 11 is 0. The van der Waals surface area contributed by atoms with Crippen LogP contribution in [0.3, 0.4) is 0 Å². The molecule has 1 heterocycles. The molecule has 1 aliphatic rings. The fourth-order valence-corrected chi connectivity index (χ4v) is 2.97. The minimum absolute atomic E-state index is 0.117. The van der Waals surface area contributed by atoms with Crippen LogP contribution in [0, 0.1) is 24.0 Å². The Morgan fingerprint density at radius 2 is 1.76 bits per heavy atom. The van der Waals surface area contributed by atoms with Gasteiger partial charge in [-0.1, -0.05) is 6.07 Å². The molecule has 0 aliphatic carbocycles. The van der Waals surface area contributed by atoms with Crippen LogP contribution in [-0.4, -0.2) is 49.1 Å². The number of nitrogens with zero attached hydrogens (tertiary/aromatic N) is 1. The van der Waals surface area contributed by atoms with Crippen molar-refractivity contribution in [1.29, 1.82) is 0 Å². The number of ether oxygens (including phenoxy) is 3. The van der Waals surface area contributed by atoms with Crippen LogP contribution < -0.4 is 20.1 Å². The first-order chi connectivity index (χ1) is 15.7. The lowest BCUT2D eigenvalue weighted by molar-refractivity contribution is -0.384. The third-order valence-corrected chi connectivity index (χ3v) is 4.86. The van der Waals surface area contributed by atoms with Crippen molar-refractivity contribution >= 4 is 29.2 Å². The molecule has 0 unspecified atom stereocenters. The van der Waals surface area contributed by atoms with Gasteiger partial charge in [0.05, 0.1) is 24.2 Å². The Labute approximate surface area is 189 Å². The average Bonchev–Trinajstić information content (AvgIpc) is 3.02. The van der Waals surface area contributed by atoms with Crippen LogP contribution in [0.15, 0.2) is 30.3 Å². The topological polar surface area (TPSA) is 146 Å². The maximum Gasteiger partial charge on any atom is 0.325 e. The van der Waals surface area contributed by atoms with Crippen LogP contribution in [0.2, 0.25) is 0 Å². The molecule has 174 valence electrons. The van der Waals surface area contributed by atoms with E-state index >= 15 is 0 Å². The lowest BCUT2D eigenvalue weighted by Gasteiger charge is -2.11. The predicted octanol–water partition coefficient (Wildman–Crippen LogP) is 2.28. The number of hydrogen-bond acceptors (Lipinski definition) is 8. The van der Waals surface area contributed by atoms with Crippen LogP contribution >= 0.6 is 0 Å². The third-order valence-electron chi connectivity index (χ3n) is 4.86. The summed E-state index contributed by atoms with van der Waals surface area (Å²) in [6, 6.07) is 7.60. The number of nitrogens with one attached hydrogen (secondary N) is 2. The number of rotatable bonds is 7. The Kier molecular flexibility index (Phi) is 7.44. The molecule has 0 atom stereocenters. The van der Waals surface area contributed by atoms with Gasteiger partial charge in [0.1, 0.15) is 12.2 Å². The Hall–Kier alpha value is -4.15. The number of nitro benzene ring substituents is 1. The van der Waals surface area contributed by atoms with Crippen LogP contribution in [-0.2, 0) is 14.3 Å². The molecule has 0 radical (unpaired) electrons.